The number of unbranched alkanes of at least 4 members (excludes halogenated alkanes) is 3. The van der Waals surface area contributed by atoms with Crippen molar-refractivity contribution in [1.29, 1.82) is 0 Å². The molecule has 1 fully saturated rings. The highest BCUT2D eigenvalue weighted by atomic mass is 16.5. The zero-order valence-electron chi connectivity index (χ0n) is 13.3. The van der Waals surface area contributed by atoms with Crippen molar-refractivity contribution in [2.75, 3.05) is 18.0 Å². The molecule has 1 saturated heterocycles. The number of aryl methyl sites for hydroxylation is 1. The molecule has 2 heteroatoms. The van der Waals surface area contributed by atoms with E-state index in [1.807, 2.05) is 0 Å². The zero-order valence-corrected chi connectivity index (χ0v) is 13.3. The molecule has 1 aliphatic rings. The molecule has 0 spiro atoms. The Hall–Kier alpha value is -1.02. The summed E-state index contributed by atoms with van der Waals surface area (Å²) in [7, 11) is 0. The molecule has 1 aliphatic heterocycles. The highest BCUT2D eigenvalue weighted by Crippen LogP contribution is 2.21. The van der Waals surface area contributed by atoms with Crippen molar-refractivity contribution in [2.24, 2.45) is 0 Å². The number of nitrogens with zero attached hydrogens (tertiary/aromatic N) is 1. The fourth-order valence-electron chi connectivity index (χ4n) is 3.02. The van der Waals surface area contributed by atoms with Crippen molar-refractivity contribution in [3.8, 4) is 0 Å². The highest BCUT2D eigenvalue weighted by Gasteiger charge is 2.22. The topological polar surface area (TPSA) is 12.5 Å². The first-order chi connectivity index (χ1) is 9.69. The van der Waals surface area contributed by atoms with Gasteiger partial charge in [0, 0.05) is 18.8 Å². The van der Waals surface area contributed by atoms with Crippen LogP contribution in [0.25, 0.3) is 0 Å². The minimum atomic E-state index is 0.326. The van der Waals surface area contributed by atoms with Gasteiger partial charge in [-0.15, -0.1) is 0 Å². The molecule has 0 aliphatic carbocycles. The molecule has 0 saturated carbocycles. The summed E-state index contributed by atoms with van der Waals surface area (Å²) in [6, 6.07) is 9.15. The number of ether oxygens (including phenoxy) is 1. The number of hydrogen-bond acceptors (Lipinski definition) is 2. The first kappa shape index (κ1) is 15.4. The van der Waals surface area contributed by atoms with Gasteiger partial charge >= 0.3 is 0 Å². The maximum absolute atomic E-state index is 5.80. The minimum absolute atomic E-state index is 0.326. The standard InChI is InChI=1S/C18H29NO/c1-4-5-6-7-8-17-9-11-18(12-10-17)19-13-15(2)20-16(3)14-19/h9-12,15-16H,4-8,13-14H2,1-3H3/t15-,16+. The van der Waals surface area contributed by atoms with Crippen molar-refractivity contribution < 1.29 is 4.74 Å². The van der Waals surface area contributed by atoms with E-state index in [9.17, 15) is 0 Å². The van der Waals surface area contributed by atoms with Crippen LogP contribution in [-0.4, -0.2) is 25.3 Å². The second-order valence-corrected chi connectivity index (χ2v) is 6.14. The maximum Gasteiger partial charge on any atom is 0.0726 e. The predicted molar refractivity (Wildman–Crippen MR) is 86.5 cm³/mol. The van der Waals surface area contributed by atoms with E-state index >= 15 is 0 Å². The lowest BCUT2D eigenvalue weighted by Gasteiger charge is -2.36. The van der Waals surface area contributed by atoms with E-state index in [0.717, 1.165) is 13.1 Å². The van der Waals surface area contributed by atoms with Crippen LogP contribution in [0.1, 0.15) is 52.0 Å². The smallest absolute Gasteiger partial charge is 0.0726 e. The molecular weight excluding hydrogens is 246 g/mol. The van der Waals surface area contributed by atoms with Crippen molar-refractivity contribution in [3.63, 3.8) is 0 Å². The molecule has 0 unspecified atom stereocenters. The number of morpholine rings is 1. The molecule has 2 atom stereocenters. The van der Waals surface area contributed by atoms with Crippen molar-refractivity contribution >= 4 is 5.69 Å². The second-order valence-electron chi connectivity index (χ2n) is 6.14. The van der Waals surface area contributed by atoms with Gasteiger partial charge < -0.3 is 9.64 Å². The summed E-state index contributed by atoms with van der Waals surface area (Å²) >= 11 is 0. The quantitative estimate of drug-likeness (QED) is 0.712. The Bertz CT molecular complexity index is 377. The van der Waals surface area contributed by atoms with Crippen molar-refractivity contribution in [2.45, 2.75) is 65.1 Å². The minimum Gasteiger partial charge on any atom is -0.372 e. The maximum atomic E-state index is 5.80. The molecule has 1 aromatic carbocycles. The molecule has 0 aromatic heterocycles. The molecule has 20 heavy (non-hydrogen) atoms. The van der Waals surface area contributed by atoms with Gasteiger partial charge in [0.2, 0.25) is 0 Å². The van der Waals surface area contributed by atoms with E-state index < -0.39 is 0 Å². The van der Waals surface area contributed by atoms with Crippen molar-refractivity contribution in [1.82, 2.24) is 0 Å². The monoisotopic (exact) mass is 275 g/mol. The van der Waals surface area contributed by atoms with Crippen LogP contribution < -0.4 is 4.90 Å². The number of anilines is 1. The van der Waals surface area contributed by atoms with Gasteiger partial charge in [0.05, 0.1) is 12.2 Å². The van der Waals surface area contributed by atoms with E-state index in [-0.39, 0.29) is 0 Å². The molecule has 0 radical (unpaired) electrons. The third kappa shape index (κ3) is 4.52. The van der Waals surface area contributed by atoms with Crippen LogP contribution in [0.2, 0.25) is 0 Å². The van der Waals surface area contributed by atoms with Crippen LogP contribution in [0.4, 0.5) is 5.69 Å². The van der Waals surface area contributed by atoms with Crippen LogP contribution in [-0.2, 0) is 11.2 Å². The summed E-state index contributed by atoms with van der Waals surface area (Å²) in [5.74, 6) is 0. The number of hydrogen-bond donors (Lipinski definition) is 0. The van der Waals surface area contributed by atoms with E-state index in [1.165, 1.54) is 43.4 Å². The number of benzene rings is 1. The van der Waals surface area contributed by atoms with Gasteiger partial charge in [0.15, 0.2) is 0 Å². The molecule has 1 heterocycles. The Balaban J connectivity index is 1.87. The first-order valence-electron chi connectivity index (χ1n) is 8.18. The molecule has 0 bridgehead atoms. The Labute approximate surface area is 124 Å². The lowest BCUT2D eigenvalue weighted by Crippen LogP contribution is -2.45. The van der Waals surface area contributed by atoms with Crippen LogP contribution in [0, 0.1) is 0 Å². The third-order valence-corrected chi connectivity index (χ3v) is 4.04. The zero-order chi connectivity index (χ0) is 14.4. The SMILES string of the molecule is CCCCCCc1ccc(N2C[C@@H](C)O[C@@H](C)C2)cc1. The molecular formula is C18H29NO. The molecule has 2 nitrogen and oxygen atoms in total. The van der Waals surface area contributed by atoms with Gasteiger partial charge in [-0.2, -0.15) is 0 Å². The van der Waals surface area contributed by atoms with Crippen LogP contribution in [0.15, 0.2) is 24.3 Å². The summed E-state index contributed by atoms with van der Waals surface area (Å²) in [6.45, 7) is 8.58. The van der Waals surface area contributed by atoms with Crippen molar-refractivity contribution in [3.05, 3.63) is 29.8 Å². The summed E-state index contributed by atoms with van der Waals surface area (Å²) in [6.07, 6.45) is 7.22. The van der Waals surface area contributed by atoms with E-state index in [1.54, 1.807) is 0 Å². The van der Waals surface area contributed by atoms with Crippen LogP contribution >= 0.6 is 0 Å². The molecule has 0 N–H and O–H groups in total. The van der Waals surface area contributed by atoms with Gasteiger partial charge in [0.25, 0.3) is 0 Å². The Morgan fingerprint density at radius 3 is 2.25 bits per heavy atom. The summed E-state index contributed by atoms with van der Waals surface area (Å²) in [5.41, 5.74) is 2.81. The Kier molecular flexibility index (Phi) is 5.90. The van der Waals surface area contributed by atoms with Gasteiger partial charge in [-0.05, 0) is 44.4 Å². The Morgan fingerprint density at radius 2 is 1.65 bits per heavy atom. The lowest BCUT2D eigenvalue weighted by atomic mass is 10.1. The lowest BCUT2D eigenvalue weighted by molar-refractivity contribution is -0.00521. The fraction of sp³-hybridized carbons (Fsp3) is 0.667. The van der Waals surface area contributed by atoms with E-state index in [2.05, 4.69) is 49.9 Å². The largest absolute Gasteiger partial charge is 0.372 e. The molecule has 0 amide bonds. The Morgan fingerprint density at radius 1 is 1.00 bits per heavy atom. The normalized spacial score (nSPS) is 23.1. The van der Waals surface area contributed by atoms with Crippen LogP contribution in [0.3, 0.4) is 0 Å². The predicted octanol–water partition coefficient (Wildman–Crippen LogP) is 4.42. The van der Waals surface area contributed by atoms with Gasteiger partial charge in [-0.3, -0.25) is 0 Å². The van der Waals surface area contributed by atoms with Gasteiger partial charge in [0.1, 0.15) is 0 Å². The molecule has 2 rings (SSSR count). The second kappa shape index (κ2) is 7.68. The summed E-state index contributed by atoms with van der Waals surface area (Å²) in [5, 5.41) is 0. The first-order valence-corrected chi connectivity index (χ1v) is 8.18. The number of rotatable bonds is 6. The fourth-order valence-corrected chi connectivity index (χ4v) is 3.02. The highest BCUT2D eigenvalue weighted by molar-refractivity contribution is 5.48. The molecule has 1 aromatic rings. The third-order valence-electron chi connectivity index (χ3n) is 4.04. The van der Waals surface area contributed by atoms with E-state index in [0.29, 0.717) is 12.2 Å². The summed E-state index contributed by atoms with van der Waals surface area (Å²) < 4.78 is 5.80. The average Bonchev–Trinajstić information content (AvgIpc) is 2.43. The van der Waals surface area contributed by atoms with E-state index in [4.69, 9.17) is 4.74 Å². The summed E-state index contributed by atoms with van der Waals surface area (Å²) in [4.78, 5) is 2.44. The van der Waals surface area contributed by atoms with Gasteiger partial charge in [-0.1, -0.05) is 38.3 Å². The molecule has 112 valence electrons. The van der Waals surface area contributed by atoms with Gasteiger partial charge in [-0.25, -0.2) is 0 Å². The van der Waals surface area contributed by atoms with Crippen LogP contribution in [0.5, 0.6) is 0 Å². The average molecular weight is 275 g/mol.